The van der Waals surface area contributed by atoms with Crippen molar-refractivity contribution in [2.75, 3.05) is 0 Å². The summed E-state index contributed by atoms with van der Waals surface area (Å²) < 4.78 is 0. The van der Waals surface area contributed by atoms with Gasteiger partial charge in [0.15, 0.2) is 0 Å². The smallest absolute Gasteiger partial charge is 0.00696 e. The lowest BCUT2D eigenvalue weighted by Gasteiger charge is -2.03. The molecule has 0 heterocycles. The first-order valence-electron chi connectivity index (χ1n) is 5.64. The lowest BCUT2D eigenvalue weighted by Crippen LogP contribution is -1.87. The van der Waals surface area contributed by atoms with Gasteiger partial charge in [0.1, 0.15) is 0 Å². The Morgan fingerprint density at radius 1 is 1.06 bits per heavy atom. The van der Waals surface area contributed by atoms with E-state index in [0.29, 0.717) is 5.92 Å². The Bertz CT molecular complexity index is 484. The first-order chi connectivity index (χ1) is 7.75. The molecule has 0 fully saturated rings. The van der Waals surface area contributed by atoms with E-state index in [1.54, 1.807) is 0 Å². The minimum absolute atomic E-state index is 0.483. The van der Waals surface area contributed by atoms with Crippen LogP contribution in [0.4, 0.5) is 0 Å². The zero-order valence-electron chi connectivity index (χ0n) is 9.77. The average molecular weight is 208 g/mol. The molecule has 16 heavy (non-hydrogen) atoms. The highest BCUT2D eigenvalue weighted by Gasteiger charge is 2.03. The van der Waals surface area contributed by atoms with E-state index in [2.05, 4.69) is 62.1 Å². The third-order valence-corrected chi connectivity index (χ3v) is 2.65. The molecule has 0 heteroatoms. The van der Waals surface area contributed by atoms with E-state index < -0.39 is 0 Å². The second-order valence-electron chi connectivity index (χ2n) is 4.21. The summed E-state index contributed by atoms with van der Waals surface area (Å²) in [5.41, 5.74) is 6.92. The van der Waals surface area contributed by atoms with E-state index in [1.807, 2.05) is 12.2 Å². The molecule has 0 radical (unpaired) electrons. The largest absolute Gasteiger partial charge is 0.120 e. The molecule has 0 amide bonds. The zero-order valence-corrected chi connectivity index (χ0v) is 9.77. The summed E-state index contributed by atoms with van der Waals surface area (Å²) in [4.78, 5) is 0. The molecule has 80 valence electrons. The normalized spacial score (nSPS) is 23.4. The Balaban J connectivity index is 2.36. The van der Waals surface area contributed by atoms with E-state index in [9.17, 15) is 0 Å². The summed E-state index contributed by atoms with van der Waals surface area (Å²) in [6.45, 7) is 4.28. The average Bonchev–Trinajstić information content (AvgIpc) is 2.58. The predicted molar refractivity (Wildman–Crippen MR) is 70.0 cm³/mol. The van der Waals surface area contributed by atoms with Gasteiger partial charge in [-0.2, -0.15) is 0 Å². The van der Waals surface area contributed by atoms with Crippen LogP contribution in [0.1, 0.15) is 13.8 Å². The van der Waals surface area contributed by atoms with Crippen molar-refractivity contribution in [3.05, 3.63) is 77.1 Å². The molecule has 2 aliphatic carbocycles. The molecule has 0 saturated heterocycles. The highest BCUT2D eigenvalue weighted by Crippen LogP contribution is 2.20. The first kappa shape index (κ1) is 10.7. The number of hydrogen-bond donors (Lipinski definition) is 0. The van der Waals surface area contributed by atoms with Gasteiger partial charge < -0.3 is 0 Å². The van der Waals surface area contributed by atoms with Gasteiger partial charge >= 0.3 is 0 Å². The Morgan fingerprint density at radius 2 is 1.94 bits per heavy atom. The maximum atomic E-state index is 3.20. The molecule has 0 aromatic heterocycles. The molecule has 0 aromatic carbocycles. The zero-order chi connectivity index (χ0) is 11.4. The molecular formula is C16H16. The van der Waals surface area contributed by atoms with Gasteiger partial charge in [0.25, 0.3) is 0 Å². The second kappa shape index (κ2) is 4.83. The Morgan fingerprint density at radius 3 is 2.81 bits per heavy atom. The lowest BCUT2D eigenvalue weighted by molar-refractivity contribution is 0.936. The summed E-state index contributed by atoms with van der Waals surface area (Å²) in [7, 11) is 0. The van der Waals surface area contributed by atoms with Gasteiger partial charge in [-0.15, -0.1) is 5.73 Å². The van der Waals surface area contributed by atoms with Gasteiger partial charge in [0.05, 0.1) is 0 Å². The van der Waals surface area contributed by atoms with E-state index in [0.717, 1.165) is 0 Å². The standard InChI is InChI=1S/C16H16/c1-13-7-5-9-15(11-10-13)16-8-4-3-6-14(2)12-16/h3-4,6-12,14H,1-2H3. The van der Waals surface area contributed by atoms with Crippen molar-refractivity contribution in [3.8, 4) is 0 Å². The van der Waals surface area contributed by atoms with Crippen LogP contribution in [0.5, 0.6) is 0 Å². The van der Waals surface area contributed by atoms with Crippen molar-refractivity contribution in [1.82, 2.24) is 0 Å². The molecule has 2 aliphatic rings. The van der Waals surface area contributed by atoms with Crippen LogP contribution in [0.2, 0.25) is 0 Å². The van der Waals surface area contributed by atoms with Crippen LogP contribution in [0.25, 0.3) is 0 Å². The molecule has 0 aromatic rings. The van der Waals surface area contributed by atoms with Crippen LogP contribution >= 0.6 is 0 Å². The van der Waals surface area contributed by atoms with Gasteiger partial charge in [-0.3, -0.25) is 0 Å². The molecular weight excluding hydrogens is 192 g/mol. The van der Waals surface area contributed by atoms with Crippen LogP contribution in [0.15, 0.2) is 77.1 Å². The third-order valence-electron chi connectivity index (χ3n) is 2.65. The summed E-state index contributed by atoms with van der Waals surface area (Å²) >= 11 is 0. The van der Waals surface area contributed by atoms with Crippen molar-refractivity contribution < 1.29 is 0 Å². The van der Waals surface area contributed by atoms with Crippen molar-refractivity contribution >= 4 is 0 Å². The Labute approximate surface area is 97.4 Å². The van der Waals surface area contributed by atoms with E-state index >= 15 is 0 Å². The molecule has 0 saturated carbocycles. The van der Waals surface area contributed by atoms with Gasteiger partial charge in [-0.25, -0.2) is 0 Å². The molecule has 0 aliphatic heterocycles. The quantitative estimate of drug-likeness (QED) is 0.564. The van der Waals surface area contributed by atoms with Gasteiger partial charge in [-0.1, -0.05) is 49.5 Å². The summed E-state index contributed by atoms with van der Waals surface area (Å²) in [6, 6.07) is 0. The van der Waals surface area contributed by atoms with E-state index in [-0.39, 0.29) is 0 Å². The van der Waals surface area contributed by atoms with Crippen LogP contribution in [0, 0.1) is 5.92 Å². The van der Waals surface area contributed by atoms with E-state index in [4.69, 9.17) is 0 Å². The van der Waals surface area contributed by atoms with Crippen molar-refractivity contribution in [2.45, 2.75) is 13.8 Å². The number of hydrogen-bond acceptors (Lipinski definition) is 0. The summed E-state index contributed by atoms with van der Waals surface area (Å²) in [5.74, 6) is 0.483. The Kier molecular flexibility index (Phi) is 3.24. The maximum absolute atomic E-state index is 3.20. The van der Waals surface area contributed by atoms with Crippen LogP contribution in [-0.4, -0.2) is 0 Å². The fourth-order valence-electron chi connectivity index (χ4n) is 1.75. The highest BCUT2D eigenvalue weighted by atomic mass is 14.1. The number of allylic oxidation sites excluding steroid dienone is 11. The van der Waals surface area contributed by atoms with Crippen LogP contribution in [-0.2, 0) is 0 Å². The van der Waals surface area contributed by atoms with Crippen LogP contribution < -0.4 is 0 Å². The minimum atomic E-state index is 0.483. The fraction of sp³-hybridized carbons (Fsp3) is 0.188. The topological polar surface area (TPSA) is 0 Å². The summed E-state index contributed by atoms with van der Waals surface area (Å²) in [5, 5.41) is 0. The van der Waals surface area contributed by atoms with E-state index in [1.165, 1.54) is 16.7 Å². The molecule has 0 N–H and O–H groups in total. The molecule has 1 unspecified atom stereocenters. The van der Waals surface area contributed by atoms with Crippen molar-refractivity contribution in [2.24, 2.45) is 5.92 Å². The molecule has 0 bridgehead atoms. The maximum Gasteiger partial charge on any atom is -0.00696 e. The molecule has 2 rings (SSSR count). The third kappa shape index (κ3) is 2.62. The Hall–Kier alpha value is -1.78. The van der Waals surface area contributed by atoms with Crippen LogP contribution in [0.3, 0.4) is 0 Å². The fourth-order valence-corrected chi connectivity index (χ4v) is 1.75. The molecule has 0 nitrogen and oxygen atoms in total. The number of rotatable bonds is 1. The monoisotopic (exact) mass is 208 g/mol. The first-order valence-corrected chi connectivity index (χ1v) is 5.64. The van der Waals surface area contributed by atoms with Gasteiger partial charge in [-0.05, 0) is 41.7 Å². The molecule has 0 spiro atoms. The van der Waals surface area contributed by atoms with Gasteiger partial charge in [0, 0.05) is 0 Å². The van der Waals surface area contributed by atoms with Gasteiger partial charge in [0.2, 0.25) is 0 Å². The minimum Gasteiger partial charge on any atom is -0.120 e. The second-order valence-corrected chi connectivity index (χ2v) is 4.21. The molecule has 1 atom stereocenters. The van der Waals surface area contributed by atoms with Crippen molar-refractivity contribution in [3.63, 3.8) is 0 Å². The summed E-state index contributed by atoms with van der Waals surface area (Å²) in [6.07, 6.45) is 19.1. The SMILES string of the molecule is CC1=CC=C(C2=CC(C)C=CC=C2)C=C=C1. The van der Waals surface area contributed by atoms with Crippen molar-refractivity contribution in [1.29, 1.82) is 0 Å². The lowest BCUT2D eigenvalue weighted by atomic mass is 10.0. The predicted octanol–water partition coefficient (Wildman–Crippen LogP) is 4.27. The highest BCUT2D eigenvalue weighted by molar-refractivity contribution is 5.51.